The molecule has 2 aromatic rings. The summed E-state index contributed by atoms with van der Waals surface area (Å²) in [5.74, 6) is 0.631. The van der Waals surface area contributed by atoms with Gasteiger partial charge in [0.1, 0.15) is 5.82 Å². The largest absolute Gasteiger partial charge is 0.337 e. The molecule has 3 heterocycles. The van der Waals surface area contributed by atoms with Crippen LogP contribution in [0.25, 0.3) is 0 Å². The van der Waals surface area contributed by atoms with Gasteiger partial charge in [0.25, 0.3) is 0 Å². The van der Waals surface area contributed by atoms with Crippen LogP contribution in [0.15, 0.2) is 36.9 Å². The summed E-state index contributed by atoms with van der Waals surface area (Å²) in [4.78, 5) is 37.4. The van der Waals surface area contributed by atoms with Crippen molar-refractivity contribution in [2.45, 2.75) is 32.9 Å². The van der Waals surface area contributed by atoms with Gasteiger partial charge in [-0.25, -0.2) is 4.98 Å². The molecule has 0 aliphatic carbocycles. The maximum absolute atomic E-state index is 13.0. The van der Waals surface area contributed by atoms with Gasteiger partial charge in [-0.2, -0.15) is 0 Å². The smallest absolute Gasteiger partial charge is 0.228 e. The third-order valence-electron chi connectivity index (χ3n) is 4.72. The van der Waals surface area contributed by atoms with Crippen LogP contribution in [0.4, 0.5) is 0 Å². The number of carbonyl (C=O) groups excluding carboxylic acids is 2. The monoisotopic (exact) mass is 355 g/mol. The van der Waals surface area contributed by atoms with Crippen molar-refractivity contribution in [3.63, 3.8) is 0 Å². The highest BCUT2D eigenvalue weighted by atomic mass is 16.2. The summed E-state index contributed by atoms with van der Waals surface area (Å²) in [7, 11) is 1.92. The highest BCUT2D eigenvalue weighted by Gasteiger charge is 2.36. The number of hydrogen-bond acceptors (Lipinski definition) is 4. The third kappa shape index (κ3) is 4.09. The number of amides is 2. The van der Waals surface area contributed by atoms with Gasteiger partial charge in [-0.15, -0.1) is 0 Å². The second-order valence-electron chi connectivity index (χ2n) is 6.75. The van der Waals surface area contributed by atoms with Crippen LogP contribution in [0.1, 0.15) is 31.2 Å². The van der Waals surface area contributed by atoms with Crippen LogP contribution in [-0.2, 0) is 29.7 Å². The summed E-state index contributed by atoms with van der Waals surface area (Å²) >= 11 is 0. The van der Waals surface area contributed by atoms with E-state index in [0.29, 0.717) is 26.2 Å². The molecular weight excluding hydrogens is 330 g/mol. The molecule has 7 heteroatoms. The molecule has 2 amide bonds. The lowest BCUT2D eigenvalue weighted by Gasteiger charge is -2.25. The van der Waals surface area contributed by atoms with E-state index >= 15 is 0 Å². The molecule has 1 fully saturated rings. The molecule has 3 rings (SSSR count). The second-order valence-corrected chi connectivity index (χ2v) is 6.75. The van der Waals surface area contributed by atoms with E-state index < -0.39 is 0 Å². The normalized spacial score (nSPS) is 16.9. The van der Waals surface area contributed by atoms with Crippen LogP contribution in [0.2, 0.25) is 0 Å². The van der Waals surface area contributed by atoms with Gasteiger partial charge >= 0.3 is 0 Å². The lowest BCUT2D eigenvalue weighted by molar-refractivity contribution is -0.136. The number of hydrogen-bond donors (Lipinski definition) is 0. The Hall–Kier alpha value is -2.70. The first-order chi connectivity index (χ1) is 12.6. The molecule has 26 heavy (non-hydrogen) atoms. The van der Waals surface area contributed by atoms with Gasteiger partial charge in [0.15, 0.2) is 0 Å². The van der Waals surface area contributed by atoms with Gasteiger partial charge in [-0.1, -0.05) is 13.0 Å². The lowest BCUT2D eigenvalue weighted by atomic mass is 10.1. The Balaban J connectivity index is 1.65. The predicted octanol–water partition coefficient (Wildman–Crippen LogP) is 1.60. The van der Waals surface area contributed by atoms with Crippen LogP contribution in [0, 0.1) is 5.92 Å². The van der Waals surface area contributed by atoms with Gasteiger partial charge in [0, 0.05) is 57.9 Å². The molecule has 0 spiro atoms. The number of likely N-dealkylation sites (tertiary alicyclic amines) is 1. The minimum atomic E-state index is -0.286. The zero-order valence-electron chi connectivity index (χ0n) is 15.3. The van der Waals surface area contributed by atoms with Crippen LogP contribution in [-0.4, -0.2) is 49.2 Å². The molecule has 0 aromatic carbocycles. The predicted molar refractivity (Wildman–Crippen MR) is 96.7 cm³/mol. The third-order valence-corrected chi connectivity index (χ3v) is 4.72. The second kappa shape index (κ2) is 8.12. The fourth-order valence-corrected chi connectivity index (χ4v) is 3.32. The molecule has 0 bridgehead atoms. The van der Waals surface area contributed by atoms with Gasteiger partial charge < -0.3 is 14.4 Å². The average Bonchev–Trinajstić information content (AvgIpc) is 3.21. The zero-order chi connectivity index (χ0) is 18.5. The van der Waals surface area contributed by atoms with Crippen LogP contribution < -0.4 is 0 Å². The fourth-order valence-electron chi connectivity index (χ4n) is 3.32. The topological polar surface area (TPSA) is 71.3 Å². The molecule has 7 nitrogen and oxygen atoms in total. The van der Waals surface area contributed by atoms with Gasteiger partial charge in [-0.05, 0) is 18.1 Å². The maximum atomic E-state index is 13.0. The van der Waals surface area contributed by atoms with Crippen LogP contribution in [0.3, 0.4) is 0 Å². The SMILES string of the molecule is CCCN(Cc1nccn1C)C(=O)[C@H]1CC(=O)N(Cc2cccnc2)C1. The number of aryl methyl sites for hydroxylation is 1. The van der Waals surface area contributed by atoms with E-state index in [1.165, 1.54) is 0 Å². The molecule has 0 radical (unpaired) electrons. The molecular formula is C19H25N5O2. The number of nitrogens with zero attached hydrogens (tertiary/aromatic N) is 5. The summed E-state index contributed by atoms with van der Waals surface area (Å²) in [6.07, 6.45) is 8.22. The Kier molecular flexibility index (Phi) is 5.65. The van der Waals surface area contributed by atoms with Gasteiger partial charge in [-0.3, -0.25) is 14.6 Å². The van der Waals surface area contributed by atoms with E-state index in [4.69, 9.17) is 0 Å². The molecule has 1 aliphatic rings. The summed E-state index contributed by atoms with van der Waals surface area (Å²) in [5.41, 5.74) is 0.979. The van der Waals surface area contributed by atoms with Crippen LogP contribution in [0.5, 0.6) is 0 Å². The van der Waals surface area contributed by atoms with E-state index in [2.05, 4.69) is 9.97 Å². The van der Waals surface area contributed by atoms with E-state index in [0.717, 1.165) is 17.8 Å². The summed E-state index contributed by atoms with van der Waals surface area (Å²) in [6, 6.07) is 3.80. The standard InChI is InChI=1S/C19H25N5O2/c1-3-8-23(14-17-21-7-9-22(17)2)19(26)16-10-18(25)24(13-16)12-15-5-4-6-20-11-15/h4-7,9,11,16H,3,8,10,12-14H2,1-2H3/t16-/m0/s1. The van der Waals surface area contributed by atoms with Crippen molar-refractivity contribution in [3.8, 4) is 0 Å². The quantitative estimate of drug-likeness (QED) is 0.756. The molecule has 0 N–H and O–H groups in total. The Morgan fingerprint density at radius 2 is 2.23 bits per heavy atom. The van der Waals surface area contributed by atoms with Gasteiger partial charge in [0.05, 0.1) is 12.5 Å². The van der Waals surface area contributed by atoms with Crippen molar-refractivity contribution >= 4 is 11.8 Å². The summed E-state index contributed by atoms with van der Waals surface area (Å²) < 4.78 is 1.92. The maximum Gasteiger partial charge on any atom is 0.228 e. The molecule has 138 valence electrons. The number of aromatic nitrogens is 3. The molecule has 1 saturated heterocycles. The van der Waals surface area contributed by atoms with Crippen molar-refractivity contribution in [3.05, 3.63) is 48.3 Å². The van der Waals surface area contributed by atoms with Crippen molar-refractivity contribution in [1.29, 1.82) is 0 Å². The van der Waals surface area contributed by atoms with Crippen molar-refractivity contribution in [1.82, 2.24) is 24.3 Å². The van der Waals surface area contributed by atoms with E-state index in [9.17, 15) is 9.59 Å². The highest BCUT2D eigenvalue weighted by Crippen LogP contribution is 2.23. The number of carbonyl (C=O) groups is 2. The first-order valence-electron chi connectivity index (χ1n) is 9.00. The fraction of sp³-hybridized carbons (Fsp3) is 0.474. The first-order valence-corrected chi connectivity index (χ1v) is 9.00. The number of pyridine rings is 1. The van der Waals surface area contributed by atoms with E-state index in [-0.39, 0.29) is 24.2 Å². The zero-order valence-corrected chi connectivity index (χ0v) is 15.3. The van der Waals surface area contributed by atoms with Gasteiger partial charge in [0.2, 0.25) is 11.8 Å². The highest BCUT2D eigenvalue weighted by molar-refractivity contribution is 5.89. The Morgan fingerprint density at radius 1 is 1.38 bits per heavy atom. The minimum absolute atomic E-state index is 0.0284. The molecule has 2 aromatic heterocycles. The average molecular weight is 355 g/mol. The van der Waals surface area contributed by atoms with Crippen LogP contribution >= 0.6 is 0 Å². The molecule has 0 saturated carbocycles. The minimum Gasteiger partial charge on any atom is -0.337 e. The summed E-state index contributed by atoms with van der Waals surface area (Å²) in [6.45, 7) is 4.16. The Morgan fingerprint density at radius 3 is 2.88 bits per heavy atom. The number of rotatable bonds is 7. The van der Waals surface area contributed by atoms with Crippen molar-refractivity contribution < 1.29 is 9.59 Å². The molecule has 0 unspecified atom stereocenters. The Labute approximate surface area is 153 Å². The number of imidazole rings is 1. The molecule has 1 aliphatic heterocycles. The molecule has 1 atom stereocenters. The van der Waals surface area contributed by atoms with E-state index in [1.54, 1.807) is 23.5 Å². The van der Waals surface area contributed by atoms with Crippen molar-refractivity contribution in [2.75, 3.05) is 13.1 Å². The van der Waals surface area contributed by atoms with Crippen molar-refractivity contribution in [2.24, 2.45) is 13.0 Å². The first kappa shape index (κ1) is 18.1. The summed E-state index contributed by atoms with van der Waals surface area (Å²) in [5, 5.41) is 0. The lowest BCUT2D eigenvalue weighted by Crippen LogP contribution is -2.38. The van der Waals surface area contributed by atoms with E-state index in [1.807, 2.05) is 41.8 Å². The Bertz CT molecular complexity index is 758.